The van der Waals surface area contributed by atoms with Crippen LogP contribution in [0.2, 0.25) is 0 Å². The summed E-state index contributed by atoms with van der Waals surface area (Å²) in [6, 6.07) is 2.72. The number of ketones is 1. The quantitative estimate of drug-likeness (QED) is 0.429. The molecule has 0 fully saturated rings. The number of hydrogen-bond donors (Lipinski definition) is 4. The van der Waals surface area contributed by atoms with Gasteiger partial charge in [0.25, 0.3) is 0 Å². The zero-order chi connectivity index (χ0) is 14.6. The average Bonchev–Trinajstić information content (AvgIpc) is 2.34. The molecule has 0 aliphatic heterocycles. The molecule has 6 N–H and O–H groups in total. The Morgan fingerprint density at radius 1 is 1.16 bits per heavy atom. The van der Waals surface area contributed by atoms with Crippen molar-refractivity contribution in [1.29, 1.82) is 0 Å². The summed E-state index contributed by atoms with van der Waals surface area (Å²) in [6.07, 6.45) is -0.223. The molecule has 7 heteroatoms. The molecule has 0 spiro atoms. The van der Waals surface area contributed by atoms with Gasteiger partial charge in [0.2, 0.25) is 0 Å². The van der Waals surface area contributed by atoms with Crippen LogP contribution in [0.4, 0.5) is 5.69 Å². The van der Waals surface area contributed by atoms with Crippen molar-refractivity contribution in [2.75, 3.05) is 5.73 Å². The second kappa shape index (κ2) is 5.96. The Labute approximate surface area is 108 Å². The normalized spacial score (nSPS) is 11.8. The first kappa shape index (κ1) is 14.7. The Balaban J connectivity index is 2.90. The Morgan fingerprint density at radius 2 is 1.79 bits per heavy atom. The summed E-state index contributed by atoms with van der Waals surface area (Å²) >= 11 is 0. The molecule has 0 heterocycles. The molecule has 102 valence electrons. The van der Waals surface area contributed by atoms with Crippen molar-refractivity contribution in [2.24, 2.45) is 5.73 Å². The van der Waals surface area contributed by atoms with Crippen LogP contribution in [0.3, 0.4) is 0 Å². The summed E-state index contributed by atoms with van der Waals surface area (Å²) in [5.41, 5.74) is 10.8. The largest absolute Gasteiger partial charge is 0.480 e. The minimum atomic E-state index is -1.24. The maximum absolute atomic E-state index is 11.9. The zero-order valence-corrected chi connectivity index (χ0v) is 10.00. The first-order valence-electron chi connectivity index (χ1n) is 5.47. The number of hydrogen-bond acceptors (Lipinski definition) is 5. The summed E-state index contributed by atoms with van der Waals surface area (Å²) in [5, 5.41) is 17.6. The van der Waals surface area contributed by atoms with Crippen LogP contribution in [0.15, 0.2) is 18.2 Å². The van der Waals surface area contributed by atoms with Gasteiger partial charge < -0.3 is 21.7 Å². The maximum Gasteiger partial charge on any atom is 0.336 e. The number of nitrogen functional groups attached to an aromatic ring is 1. The lowest BCUT2D eigenvalue weighted by molar-refractivity contribution is -0.138. The number of aliphatic carboxylic acids is 1. The number of aromatic carboxylic acids is 1. The third-order valence-corrected chi connectivity index (χ3v) is 2.57. The van der Waals surface area contributed by atoms with Crippen LogP contribution in [0, 0.1) is 0 Å². The number of carboxylic acid groups (broad SMARTS) is 2. The summed E-state index contributed by atoms with van der Waals surface area (Å²) in [4.78, 5) is 33.4. The molecular formula is C12H14N2O5. The second-order valence-corrected chi connectivity index (χ2v) is 4.02. The van der Waals surface area contributed by atoms with Crippen LogP contribution in [0.1, 0.15) is 33.6 Å². The van der Waals surface area contributed by atoms with Crippen LogP contribution in [-0.2, 0) is 4.79 Å². The van der Waals surface area contributed by atoms with Gasteiger partial charge >= 0.3 is 11.9 Å². The first-order valence-corrected chi connectivity index (χ1v) is 5.47. The van der Waals surface area contributed by atoms with Gasteiger partial charge in [-0.1, -0.05) is 0 Å². The highest BCUT2D eigenvalue weighted by Crippen LogP contribution is 2.17. The molecule has 0 aliphatic rings. The lowest BCUT2D eigenvalue weighted by Gasteiger charge is -2.08. The van der Waals surface area contributed by atoms with E-state index in [4.69, 9.17) is 21.7 Å². The van der Waals surface area contributed by atoms with Gasteiger partial charge in [0.05, 0.1) is 5.56 Å². The molecule has 1 aromatic rings. The molecule has 0 radical (unpaired) electrons. The van der Waals surface area contributed by atoms with Crippen molar-refractivity contribution in [2.45, 2.75) is 18.9 Å². The predicted molar refractivity (Wildman–Crippen MR) is 67.0 cm³/mol. The fourth-order valence-corrected chi connectivity index (χ4v) is 1.52. The van der Waals surface area contributed by atoms with Gasteiger partial charge in [-0.2, -0.15) is 0 Å². The van der Waals surface area contributed by atoms with Crippen molar-refractivity contribution in [3.63, 3.8) is 0 Å². The van der Waals surface area contributed by atoms with Crippen molar-refractivity contribution < 1.29 is 24.6 Å². The highest BCUT2D eigenvalue weighted by molar-refractivity contribution is 6.06. The van der Waals surface area contributed by atoms with Gasteiger partial charge in [0.15, 0.2) is 5.78 Å². The summed E-state index contributed by atoms with van der Waals surface area (Å²) in [6.45, 7) is 0. The Kier molecular flexibility index (Phi) is 4.60. The topological polar surface area (TPSA) is 144 Å². The number of anilines is 1. The molecule has 0 bridgehead atoms. The van der Waals surface area contributed by atoms with E-state index in [1.807, 2.05) is 0 Å². The van der Waals surface area contributed by atoms with Crippen LogP contribution in [0.25, 0.3) is 0 Å². The Bertz CT molecular complexity index is 527. The van der Waals surface area contributed by atoms with Crippen molar-refractivity contribution >= 4 is 23.4 Å². The molecule has 7 nitrogen and oxygen atoms in total. The standard InChI is InChI=1S/C12H14N2O5/c13-6-1-2-7(11(16)17)8(5-6)10(15)4-3-9(14)12(18)19/h1-2,5,9H,3-4,13-14H2,(H,16,17)(H,18,19). The van der Waals surface area contributed by atoms with Crippen molar-refractivity contribution in [3.8, 4) is 0 Å². The highest BCUT2D eigenvalue weighted by Gasteiger charge is 2.19. The zero-order valence-electron chi connectivity index (χ0n) is 10.00. The first-order chi connectivity index (χ1) is 8.82. The van der Waals surface area contributed by atoms with Gasteiger partial charge in [0, 0.05) is 17.7 Å². The number of carbonyl (C=O) groups is 3. The molecule has 0 amide bonds. The Morgan fingerprint density at radius 3 is 2.32 bits per heavy atom. The lowest BCUT2D eigenvalue weighted by atomic mass is 9.98. The molecule has 1 atom stereocenters. The second-order valence-electron chi connectivity index (χ2n) is 4.02. The van der Waals surface area contributed by atoms with Gasteiger partial charge in [-0.25, -0.2) is 4.79 Å². The molecule has 1 aromatic carbocycles. The van der Waals surface area contributed by atoms with Crippen LogP contribution < -0.4 is 11.5 Å². The number of nitrogens with two attached hydrogens (primary N) is 2. The molecule has 0 aliphatic carbocycles. The van der Waals surface area contributed by atoms with E-state index in [-0.39, 0.29) is 29.7 Å². The van der Waals surface area contributed by atoms with Crippen molar-refractivity contribution in [3.05, 3.63) is 29.3 Å². The van der Waals surface area contributed by atoms with E-state index in [1.54, 1.807) is 0 Å². The van der Waals surface area contributed by atoms with Crippen LogP contribution >= 0.6 is 0 Å². The molecular weight excluding hydrogens is 252 g/mol. The fraction of sp³-hybridized carbons (Fsp3) is 0.250. The minimum absolute atomic E-state index is 0.0370. The summed E-state index contributed by atoms with van der Waals surface area (Å²) in [5.74, 6) is -2.95. The number of benzene rings is 1. The molecule has 0 aromatic heterocycles. The molecule has 1 unspecified atom stereocenters. The molecule has 0 saturated carbocycles. The average molecular weight is 266 g/mol. The molecule has 19 heavy (non-hydrogen) atoms. The fourth-order valence-electron chi connectivity index (χ4n) is 1.52. The van der Waals surface area contributed by atoms with E-state index in [2.05, 4.69) is 0 Å². The monoisotopic (exact) mass is 266 g/mol. The van der Waals surface area contributed by atoms with Gasteiger partial charge in [-0.3, -0.25) is 9.59 Å². The third kappa shape index (κ3) is 3.78. The van der Waals surface area contributed by atoms with E-state index in [1.165, 1.54) is 18.2 Å². The van der Waals surface area contributed by atoms with Crippen LogP contribution in [0.5, 0.6) is 0 Å². The lowest BCUT2D eigenvalue weighted by Crippen LogP contribution is -2.30. The number of rotatable bonds is 6. The minimum Gasteiger partial charge on any atom is -0.480 e. The summed E-state index contributed by atoms with van der Waals surface area (Å²) in [7, 11) is 0. The SMILES string of the molecule is Nc1ccc(C(=O)O)c(C(=O)CCC(N)C(=O)O)c1. The van der Waals surface area contributed by atoms with E-state index < -0.39 is 23.8 Å². The van der Waals surface area contributed by atoms with Gasteiger partial charge in [-0.05, 0) is 24.6 Å². The van der Waals surface area contributed by atoms with E-state index >= 15 is 0 Å². The number of carbonyl (C=O) groups excluding carboxylic acids is 1. The third-order valence-electron chi connectivity index (χ3n) is 2.57. The molecule has 0 saturated heterocycles. The predicted octanol–water partition coefficient (Wildman–Crippen LogP) is 0.342. The van der Waals surface area contributed by atoms with Gasteiger partial charge in [0.1, 0.15) is 6.04 Å². The van der Waals surface area contributed by atoms with Crippen LogP contribution in [-0.4, -0.2) is 34.0 Å². The van der Waals surface area contributed by atoms with E-state index in [0.29, 0.717) is 0 Å². The number of carboxylic acids is 2. The summed E-state index contributed by atoms with van der Waals surface area (Å²) < 4.78 is 0. The smallest absolute Gasteiger partial charge is 0.336 e. The Hall–Kier alpha value is -2.41. The highest BCUT2D eigenvalue weighted by atomic mass is 16.4. The maximum atomic E-state index is 11.9. The molecule has 1 rings (SSSR count). The van der Waals surface area contributed by atoms with E-state index in [9.17, 15) is 14.4 Å². The van der Waals surface area contributed by atoms with Gasteiger partial charge in [-0.15, -0.1) is 0 Å². The number of Topliss-reactive ketones (excluding diaryl/α,β-unsaturated/α-hetero) is 1. The van der Waals surface area contributed by atoms with Crippen molar-refractivity contribution in [1.82, 2.24) is 0 Å². The van der Waals surface area contributed by atoms with E-state index in [0.717, 1.165) is 0 Å².